The van der Waals surface area contributed by atoms with Gasteiger partial charge in [-0.1, -0.05) is 22.0 Å². The van der Waals surface area contributed by atoms with Gasteiger partial charge in [-0.25, -0.2) is 4.79 Å². The average Bonchev–Trinajstić information content (AvgIpc) is 2.91. The lowest BCUT2D eigenvalue weighted by Crippen LogP contribution is -2.42. The van der Waals surface area contributed by atoms with E-state index in [2.05, 4.69) is 51.0 Å². The van der Waals surface area contributed by atoms with Crippen molar-refractivity contribution in [3.63, 3.8) is 0 Å². The van der Waals surface area contributed by atoms with Crippen molar-refractivity contribution < 1.29 is 9.53 Å². The SMILES string of the molecule is CC(C)(C)OC(=O)N1CCC(n2ccc3c(Br)cccc32)CC1. The first-order valence-electron chi connectivity index (χ1n) is 8.08. The summed E-state index contributed by atoms with van der Waals surface area (Å²) in [7, 11) is 0. The predicted octanol–water partition coefficient (Wildman–Crippen LogP) is 4.98. The van der Waals surface area contributed by atoms with Crippen LogP contribution in [0.5, 0.6) is 0 Å². The van der Waals surface area contributed by atoms with E-state index in [0.717, 1.165) is 30.4 Å². The number of carbonyl (C=O) groups excluding carboxylic acids is 1. The maximum Gasteiger partial charge on any atom is 0.410 e. The summed E-state index contributed by atoms with van der Waals surface area (Å²) < 4.78 is 8.93. The van der Waals surface area contributed by atoms with E-state index in [4.69, 9.17) is 4.74 Å². The fraction of sp³-hybridized carbons (Fsp3) is 0.500. The molecule has 3 rings (SSSR count). The Morgan fingerprint density at radius 1 is 1.22 bits per heavy atom. The molecule has 0 radical (unpaired) electrons. The third-order valence-corrected chi connectivity index (χ3v) is 4.91. The number of amides is 1. The molecule has 0 spiro atoms. The minimum atomic E-state index is -0.434. The molecule has 1 aromatic heterocycles. The molecule has 1 saturated heterocycles. The monoisotopic (exact) mass is 378 g/mol. The highest BCUT2D eigenvalue weighted by atomic mass is 79.9. The van der Waals surface area contributed by atoms with Crippen LogP contribution in [-0.4, -0.2) is 34.3 Å². The maximum atomic E-state index is 12.2. The van der Waals surface area contributed by atoms with Crippen molar-refractivity contribution in [3.8, 4) is 0 Å². The Labute approximate surface area is 145 Å². The van der Waals surface area contributed by atoms with Crippen LogP contribution < -0.4 is 0 Å². The molecule has 0 bridgehead atoms. The Bertz CT molecular complexity index is 709. The lowest BCUT2D eigenvalue weighted by Gasteiger charge is -2.34. The van der Waals surface area contributed by atoms with Gasteiger partial charge in [-0.15, -0.1) is 0 Å². The summed E-state index contributed by atoms with van der Waals surface area (Å²) in [6.45, 7) is 7.20. The molecule has 0 atom stereocenters. The highest BCUT2D eigenvalue weighted by Crippen LogP contribution is 2.31. The van der Waals surface area contributed by atoms with Gasteiger partial charge in [0.15, 0.2) is 0 Å². The molecule has 4 nitrogen and oxygen atoms in total. The molecule has 0 unspecified atom stereocenters. The van der Waals surface area contributed by atoms with Crippen LogP contribution in [0.25, 0.3) is 10.9 Å². The van der Waals surface area contributed by atoms with Crippen LogP contribution in [0.15, 0.2) is 34.9 Å². The average molecular weight is 379 g/mol. The molecule has 0 aliphatic carbocycles. The molecule has 0 saturated carbocycles. The highest BCUT2D eigenvalue weighted by Gasteiger charge is 2.27. The van der Waals surface area contributed by atoms with Crippen LogP contribution in [-0.2, 0) is 4.74 Å². The van der Waals surface area contributed by atoms with Crippen molar-refractivity contribution in [1.82, 2.24) is 9.47 Å². The predicted molar refractivity (Wildman–Crippen MR) is 95.7 cm³/mol. The number of fused-ring (bicyclic) bond motifs is 1. The number of rotatable bonds is 1. The first kappa shape index (κ1) is 16.4. The van der Waals surface area contributed by atoms with E-state index < -0.39 is 5.60 Å². The van der Waals surface area contributed by atoms with Crippen molar-refractivity contribution in [2.24, 2.45) is 0 Å². The Morgan fingerprint density at radius 3 is 2.57 bits per heavy atom. The number of nitrogens with zero attached hydrogens (tertiary/aromatic N) is 2. The van der Waals surface area contributed by atoms with Crippen LogP contribution in [0, 0.1) is 0 Å². The van der Waals surface area contributed by atoms with Crippen molar-refractivity contribution >= 4 is 32.9 Å². The van der Waals surface area contributed by atoms with Crippen molar-refractivity contribution in [2.45, 2.75) is 45.3 Å². The number of hydrogen-bond acceptors (Lipinski definition) is 2. The minimum Gasteiger partial charge on any atom is -0.444 e. The summed E-state index contributed by atoms with van der Waals surface area (Å²) in [5, 5.41) is 1.24. The van der Waals surface area contributed by atoms with Crippen molar-refractivity contribution in [1.29, 1.82) is 0 Å². The molecular formula is C18H23BrN2O2. The first-order chi connectivity index (χ1) is 10.8. The Balaban J connectivity index is 1.69. The number of likely N-dealkylation sites (tertiary alicyclic amines) is 1. The van der Waals surface area contributed by atoms with E-state index in [1.807, 2.05) is 25.7 Å². The molecular weight excluding hydrogens is 356 g/mol. The van der Waals surface area contributed by atoms with Gasteiger partial charge in [0.25, 0.3) is 0 Å². The minimum absolute atomic E-state index is 0.198. The molecule has 5 heteroatoms. The zero-order valence-electron chi connectivity index (χ0n) is 13.9. The number of benzene rings is 1. The first-order valence-corrected chi connectivity index (χ1v) is 8.87. The van der Waals surface area contributed by atoms with Gasteiger partial charge in [0.1, 0.15) is 5.60 Å². The van der Waals surface area contributed by atoms with Crippen LogP contribution >= 0.6 is 15.9 Å². The standard InChI is InChI=1S/C18H23BrN2O2/c1-18(2,3)23-17(22)20-10-7-13(8-11-20)21-12-9-14-15(19)5-4-6-16(14)21/h4-6,9,12-13H,7-8,10-11H2,1-3H3. The van der Waals surface area contributed by atoms with Crippen molar-refractivity contribution in [3.05, 3.63) is 34.9 Å². The van der Waals surface area contributed by atoms with Crippen LogP contribution in [0.3, 0.4) is 0 Å². The van der Waals surface area contributed by atoms with Gasteiger partial charge in [0, 0.05) is 40.7 Å². The number of aromatic nitrogens is 1. The second-order valence-electron chi connectivity index (χ2n) is 7.09. The van der Waals surface area contributed by atoms with Crippen LogP contribution in [0.4, 0.5) is 4.79 Å². The van der Waals surface area contributed by atoms with Gasteiger partial charge < -0.3 is 14.2 Å². The summed E-state index contributed by atoms with van der Waals surface area (Å²) >= 11 is 3.61. The lowest BCUT2D eigenvalue weighted by atomic mass is 10.0. The third kappa shape index (κ3) is 3.55. The summed E-state index contributed by atoms with van der Waals surface area (Å²) in [6, 6.07) is 8.87. The van der Waals surface area contributed by atoms with Crippen LogP contribution in [0.1, 0.15) is 39.7 Å². The van der Waals surface area contributed by atoms with E-state index in [1.54, 1.807) is 0 Å². The number of piperidine rings is 1. The van der Waals surface area contributed by atoms with Crippen molar-refractivity contribution in [2.75, 3.05) is 13.1 Å². The normalized spacial score (nSPS) is 16.8. The highest BCUT2D eigenvalue weighted by molar-refractivity contribution is 9.10. The Hall–Kier alpha value is -1.49. The quantitative estimate of drug-likeness (QED) is 0.701. The molecule has 1 amide bonds. The number of carbonyl (C=O) groups is 1. The van der Waals surface area contributed by atoms with E-state index in [1.165, 1.54) is 10.9 Å². The van der Waals surface area contributed by atoms with E-state index >= 15 is 0 Å². The summed E-state index contributed by atoms with van der Waals surface area (Å²) in [4.78, 5) is 14.0. The summed E-state index contributed by atoms with van der Waals surface area (Å²) in [6.07, 6.45) is 3.87. The topological polar surface area (TPSA) is 34.5 Å². The summed E-state index contributed by atoms with van der Waals surface area (Å²) in [5.74, 6) is 0. The maximum absolute atomic E-state index is 12.2. The second-order valence-corrected chi connectivity index (χ2v) is 7.95. The van der Waals surface area contributed by atoms with E-state index in [-0.39, 0.29) is 6.09 Å². The Morgan fingerprint density at radius 2 is 1.91 bits per heavy atom. The lowest BCUT2D eigenvalue weighted by molar-refractivity contribution is 0.0190. The number of halogens is 1. The molecule has 23 heavy (non-hydrogen) atoms. The smallest absolute Gasteiger partial charge is 0.410 e. The van der Waals surface area contributed by atoms with Gasteiger partial charge in [0.05, 0.1) is 0 Å². The molecule has 1 aromatic carbocycles. The molecule has 2 aromatic rings. The number of ether oxygens (including phenoxy) is 1. The fourth-order valence-electron chi connectivity index (χ4n) is 3.12. The largest absolute Gasteiger partial charge is 0.444 e. The molecule has 1 aliphatic rings. The zero-order valence-corrected chi connectivity index (χ0v) is 15.5. The van der Waals surface area contributed by atoms with E-state index in [9.17, 15) is 4.79 Å². The summed E-state index contributed by atoms with van der Waals surface area (Å²) in [5.41, 5.74) is 0.812. The second kappa shape index (κ2) is 6.19. The fourth-order valence-corrected chi connectivity index (χ4v) is 3.61. The molecule has 1 aliphatic heterocycles. The van der Waals surface area contributed by atoms with Gasteiger partial charge in [-0.05, 0) is 51.8 Å². The van der Waals surface area contributed by atoms with Gasteiger partial charge >= 0.3 is 6.09 Å². The van der Waals surface area contributed by atoms with Crippen LogP contribution in [0.2, 0.25) is 0 Å². The zero-order chi connectivity index (χ0) is 16.6. The van der Waals surface area contributed by atoms with E-state index in [0.29, 0.717) is 6.04 Å². The molecule has 0 N–H and O–H groups in total. The molecule has 1 fully saturated rings. The van der Waals surface area contributed by atoms with Gasteiger partial charge in [0.2, 0.25) is 0 Å². The van der Waals surface area contributed by atoms with Gasteiger partial charge in [-0.3, -0.25) is 0 Å². The number of hydrogen-bond donors (Lipinski definition) is 0. The molecule has 124 valence electrons. The molecule has 2 heterocycles. The third-order valence-electron chi connectivity index (χ3n) is 4.22. The Kier molecular flexibility index (Phi) is 4.41. The van der Waals surface area contributed by atoms with Gasteiger partial charge in [-0.2, -0.15) is 0 Å².